The highest BCUT2D eigenvalue weighted by Crippen LogP contribution is 2.35. The van der Waals surface area contributed by atoms with E-state index in [1.807, 2.05) is 48.5 Å². The summed E-state index contributed by atoms with van der Waals surface area (Å²) < 4.78 is 8.40. The first-order valence-corrected chi connectivity index (χ1v) is 11.4. The van der Waals surface area contributed by atoms with Crippen LogP contribution in [0.1, 0.15) is 21.5 Å². The molecule has 3 aromatic carbocycles. The molecule has 3 aromatic rings. The highest BCUT2D eigenvalue weighted by atomic mass is 127. The molecule has 0 unspecified atom stereocenters. The van der Waals surface area contributed by atoms with Crippen LogP contribution >= 0.6 is 66.1 Å². The van der Waals surface area contributed by atoms with Gasteiger partial charge < -0.3 is 4.74 Å². The van der Waals surface area contributed by atoms with Crippen LogP contribution in [0.2, 0.25) is 5.02 Å². The Balaban J connectivity index is 1.66. The minimum absolute atomic E-state index is 0.266. The largest absolute Gasteiger partial charge is 0.486 e. The summed E-state index contributed by atoms with van der Waals surface area (Å²) in [5, 5.41) is 4.70. The average molecular weight is 649 g/mol. The second-order valence-corrected chi connectivity index (χ2v) is 9.26. The molecule has 0 aliphatic rings. The summed E-state index contributed by atoms with van der Waals surface area (Å²) in [4.78, 5) is 12.1. The zero-order chi connectivity index (χ0) is 20.8. The van der Waals surface area contributed by atoms with E-state index in [0.717, 1.165) is 23.6 Å². The van der Waals surface area contributed by atoms with Gasteiger partial charge in [0.1, 0.15) is 12.4 Å². The molecule has 0 saturated carbocycles. The standard InChI is InChI=1S/C21H14Br2ClIN2O2/c22-17-8-13(11-26-27-21(28)14-5-3-6-16(25)10-14)9-18(23)20(17)29-12-15-4-1-2-7-19(15)24/h1-11H,12H2,(H,27,28)/b26-11-. The van der Waals surface area contributed by atoms with Gasteiger partial charge in [-0.05, 0) is 96.4 Å². The maximum atomic E-state index is 12.1. The molecule has 0 aliphatic carbocycles. The van der Waals surface area contributed by atoms with Gasteiger partial charge in [-0.1, -0.05) is 35.9 Å². The number of ether oxygens (including phenoxy) is 1. The number of nitrogens with zero attached hydrogens (tertiary/aromatic N) is 1. The number of hydrazone groups is 1. The number of benzene rings is 3. The lowest BCUT2D eigenvalue weighted by Gasteiger charge is -2.12. The summed E-state index contributed by atoms with van der Waals surface area (Å²) in [6.45, 7) is 0.343. The van der Waals surface area contributed by atoms with Gasteiger partial charge in [0.15, 0.2) is 0 Å². The van der Waals surface area contributed by atoms with Gasteiger partial charge in [0.05, 0.1) is 15.2 Å². The highest BCUT2D eigenvalue weighted by molar-refractivity contribution is 14.1. The minimum Gasteiger partial charge on any atom is -0.486 e. The number of hydrogen-bond acceptors (Lipinski definition) is 3. The smallest absolute Gasteiger partial charge is 0.271 e. The van der Waals surface area contributed by atoms with Crippen molar-refractivity contribution in [3.63, 3.8) is 0 Å². The van der Waals surface area contributed by atoms with E-state index in [9.17, 15) is 4.79 Å². The van der Waals surface area contributed by atoms with Gasteiger partial charge in [-0.3, -0.25) is 4.79 Å². The molecule has 4 nitrogen and oxygen atoms in total. The molecule has 148 valence electrons. The molecule has 29 heavy (non-hydrogen) atoms. The molecule has 0 spiro atoms. The average Bonchev–Trinajstić information content (AvgIpc) is 2.68. The molecular formula is C21H14Br2ClIN2O2. The zero-order valence-corrected chi connectivity index (χ0v) is 20.9. The van der Waals surface area contributed by atoms with Crippen molar-refractivity contribution in [1.82, 2.24) is 5.43 Å². The third-order valence-electron chi connectivity index (χ3n) is 3.82. The van der Waals surface area contributed by atoms with Gasteiger partial charge in [-0.25, -0.2) is 5.43 Å². The molecule has 8 heteroatoms. The Kier molecular flexibility index (Phi) is 8.11. The summed E-state index contributed by atoms with van der Waals surface area (Å²) in [5.41, 5.74) is 4.78. The third kappa shape index (κ3) is 6.28. The molecule has 0 heterocycles. The SMILES string of the molecule is O=C(N/N=C\c1cc(Br)c(OCc2ccccc2Cl)c(Br)c1)c1cccc(I)c1. The predicted molar refractivity (Wildman–Crippen MR) is 132 cm³/mol. The van der Waals surface area contributed by atoms with Crippen LogP contribution in [0.3, 0.4) is 0 Å². The van der Waals surface area contributed by atoms with Crippen LogP contribution in [0.15, 0.2) is 74.7 Å². The predicted octanol–water partition coefficient (Wildman–Crippen LogP) is 6.81. The van der Waals surface area contributed by atoms with Gasteiger partial charge in [-0.2, -0.15) is 5.10 Å². The molecule has 0 atom stereocenters. The van der Waals surface area contributed by atoms with Gasteiger partial charge in [-0.15, -0.1) is 0 Å². The van der Waals surface area contributed by atoms with Crippen LogP contribution in [0.4, 0.5) is 0 Å². The van der Waals surface area contributed by atoms with Crippen molar-refractivity contribution in [1.29, 1.82) is 0 Å². The molecule has 0 bridgehead atoms. The Labute approximate surface area is 204 Å². The monoisotopic (exact) mass is 646 g/mol. The van der Waals surface area contributed by atoms with Crippen molar-refractivity contribution in [2.45, 2.75) is 6.61 Å². The normalized spacial score (nSPS) is 10.9. The number of carbonyl (C=O) groups excluding carboxylic acids is 1. The van der Waals surface area contributed by atoms with E-state index >= 15 is 0 Å². The Morgan fingerprint density at radius 2 is 1.83 bits per heavy atom. The lowest BCUT2D eigenvalue weighted by atomic mass is 10.2. The molecule has 0 saturated heterocycles. The van der Waals surface area contributed by atoms with Crippen molar-refractivity contribution in [3.05, 3.63) is 94.9 Å². The number of amides is 1. The minimum atomic E-state index is -0.266. The Morgan fingerprint density at radius 1 is 1.10 bits per heavy atom. The fourth-order valence-electron chi connectivity index (χ4n) is 2.42. The first-order chi connectivity index (χ1) is 13.9. The van der Waals surface area contributed by atoms with E-state index in [1.165, 1.54) is 0 Å². The van der Waals surface area contributed by atoms with Crippen LogP contribution in [0.25, 0.3) is 0 Å². The van der Waals surface area contributed by atoms with Crippen molar-refractivity contribution in [2.24, 2.45) is 5.10 Å². The summed E-state index contributed by atoms with van der Waals surface area (Å²) in [5.74, 6) is 0.391. The lowest BCUT2D eigenvalue weighted by molar-refractivity contribution is 0.0955. The van der Waals surface area contributed by atoms with Gasteiger partial charge in [0, 0.05) is 19.7 Å². The van der Waals surface area contributed by atoms with Crippen LogP contribution in [0.5, 0.6) is 5.75 Å². The molecule has 1 amide bonds. The Hall–Kier alpha value is -1.42. The van der Waals surface area contributed by atoms with E-state index in [4.69, 9.17) is 16.3 Å². The van der Waals surface area contributed by atoms with E-state index in [-0.39, 0.29) is 5.91 Å². The van der Waals surface area contributed by atoms with E-state index in [0.29, 0.717) is 22.9 Å². The Morgan fingerprint density at radius 3 is 2.52 bits per heavy atom. The molecule has 3 rings (SSSR count). The highest BCUT2D eigenvalue weighted by Gasteiger charge is 2.10. The fourth-order valence-corrected chi connectivity index (χ4v) is 4.60. The van der Waals surface area contributed by atoms with Gasteiger partial charge in [0.25, 0.3) is 5.91 Å². The van der Waals surface area contributed by atoms with Crippen molar-refractivity contribution < 1.29 is 9.53 Å². The Bertz CT molecular complexity index is 1050. The zero-order valence-electron chi connectivity index (χ0n) is 14.8. The number of rotatable bonds is 6. The van der Waals surface area contributed by atoms with E-state index in [1.54, 1.807) is 18.3 Å². The van der Waals surface area contributed by atoms with Crippen LogP contribution < -0.4 is 10.2 Å². The summed E-state index contributed by atoms with van der Waals surface area (Å²) in [6, 6.07) is 18.5. The van der Waals surface area contributed by atoms with Gasteiger partial charge >= 0.3 is 0 Å². The van der Waals surface area contributed by atoms with Gasteiger partial charge in [0.2, 0.25) is 0 Å². The summed E-state index contributed by atoms with van der Waals surface area (Å²) in [7, 11) is 0. The first-order valence-electron chi connectivity index (χ1n) is 8.38. The topological polar surface area (TPSA) is 50.7 Å². The third-order valence-corrected chi connectivity index (χ3v) is 6.03. The van der Waals surface area contributed by atoms with Crippen molar-refractivity contribution in [2.75, 3.05) is 0 Å². The van der Waals surface area contributed by atoms with Crippen LogP contribution in [0, 0.1) is 3.57 Å². The molecule has 0 aromatic heterocycles. The maximum Gasteiger partial charge on any atom is 0.271 e. The van der Waals surface area contributed by atoms with E-state index in [2.05, 4.69) is 65.0 Å². The van der Waals surface area contributed by atoms with E-state index < -0.39 is 0 Å². The van der Waals surface area contributed by atoms with Crippen molar-refractivity contribution >= 4 is 78.2 Å². The second kappa shape index (κ2) is 10.6. The maximum absolute atomic E-state index is 12.1. The summed E-state index contributed by atoms with van der Waals surface area (Å²) in [6.07, 6.45) is 1.57. The number of carbonyl (C=O) groups is 1. The summed E-state index contributed by atoms with van der Waals surface area (Å²) >= 11 is 15.4. The quantitative estimate of drug-likeness (QED) is 0.182. The molecule has 0 aliphatic heterocycles. The second-order valence-electron chi connectivity index (χ2n) is 5.90. The van der Waals surface area contributed by atoms with Crippen LogP contribution in [-0.2, 0) is 6.61 Å². The number of hydrogen-bond donors (Lipinski definition) is 1. The van der Waals surface area contributed by atoms with Crippen molar-refractivity contribution in [3.8, 4) is 5.75 Å². The first kappa shape index (κ1) is 22.3. The molecule has 0 fully saturated rings. The molecular weight excluding hydrogens is 634 g/mol. The molecule has 1 N–H and O–H groups in total. The number of nitrogens with one attached hydrogen (secondary N) is 1. The number of halogens is 4. The lowest BCUT2D eigenvalue weighted by Crippen LogP contribution is -2.17. The fraction of sp³-hybridized carbons (Fsp3) is 0.0476. The van der Waals surface area contributed by atoms with Crippen LogP contribution in [-0.4, -0.2) is 12.1 Å². The molecule has 0 radical (unpaired) electrons.